The Bertz CT molecular complexity index is 764. The summed E-state index contributed by atoms with van der Waals surface area (Å²) in [6.07, 6.45) is 0. The van der Waals surface area contributed by atoms with Crippen LogP contribution in [0.25, 0.3) is 0 Å². The van der Waals surface area contributed by atoms with Crippen molar-refractivity contribution >= 4 is 19.7 Å². The van der Waals surface area contributed by atoms with E-state index in [9.17, 15) is 16.8 Å². The molecule has 0 amide bonds. The second-order valence-corrected chi connectivity index (χ2v) is 8.84. The predicted octanol–water partition coefficient (Wildman–Crippen LogP) is 2.03. The van der Waals surface area contributed by atoms with Crippen LogP contribution in [0.3, 0.4) is 0 Å². The quantitative estimate of drug-likeness (QED) is 0.847. The fraction of sp³-hybridized carbons (Fsp3) is 0.143. The predicted molar refractivity (Wildman–Crippen MR) is 77.6 cm³/mol. The summed E-state index contributed by atoms with van der Waals surface area (Å²) in [6.45, 7) is 0. The van der Waals surface area contributed by atoms with E-state index in [2.05, 4.69) is 0 Å². The van der Waals surface area contributed by atoms with Crippen LogP contribution in [0.2, 0.25) is 0 Å². The van der Waals surface area contributed by atoms with Gasteiger partial charge < -0.3 is 0 Å². The molecule has 0 atom stereocenters. The minimum atomic E-state index is -3.83. The molecule has 0 fully saturated rings. The smallest absolute Gasteiger partial charge is 0.192 e. The Morgan fingerprint density at radius 1 is 0.700 bits per heavy atom. The van der Waals surface area contributed by atoms with Gasteiger partial charge in [-0.1, -0.05) is 48.5 Å². The van der Waals surface area contributed by atoms with E-state index >= 15 is 0 Å². The van der Waals surface area contributed by atoms with Crippen LogP contribution in [0.5, 0.6) is 0 Å². The largest absolute Gasteiger partial charge is 0.227 e. The van der Waals surface area contributed by atoms with Crippen LogP contribution in [0, 0.1) is 0 Å². The standard InChI is InChI=1S/C14H14O4S2/c15-19(16,11-13-7-3-1-4-8-13)12-20(17,18)14-9-5-2-6-10-14/h1-10H,11-12H2. The van der Waals surface area contributed by atoms with Crippen molar-refractivity contribution in [3.8, 4) is 0 Å². The number of hydrogen-bond donors (Lipinski definition) is 0. The first-order valence-corrected chi connectivity index (χ1v) is 9.39. The number of hydrogen-bond acceptors (Lipinski definition) is 4. The topological polar surface area (TPSA) is 68.3 Å². The number of rotatable bonds is 5. The van der Waals surface area contributed by atoms with E-state index in [1.54, 1.807) is 48.5 Å². The van der Waals surface area contributed by atoms with Crippen LogP contribution >= 0.6 is 0 Å². The lowest BCUT2D eigenvalue weighted by Crippen LogP contribution is -2.18. The third kappa shape index (κ3) is 3.91. The first-order valence-electron chi connectivity index (χ1n) is 5.91. The Kier molecular flexibility index (Phi) is 4.25. The number of sulfone groups is 2. The minimum Gasteiger partial charge on any atom is -0.227 e. The average Bonchev–Trinajstić information content (AvgIpc) is 2.39. The lowest BCUT2D eigenvalue weighted by atomic mass is 10.2. The van der Waals surface area contributed by atoms with Crippen molar-refractivity contribution in [1.29, 1.82) is 0 Å². The van der Waals surface area contributed by atoms with E-state index in [0.29, 0.717) is 5.56 Å². The minimum absolute atomic E-state index is 0.0247. The van der Waals surface area contributed by atoms with Crippen LogP contribution < -0.4 is 0 Å². The Balaban J connectivity index is 2.21. The highest BCUT2D eigenvalue weighted by atomic mass is 32.3. The molecule has 4 nitrogen and oxygen atoms in total. The van der Waals surface area contributed by atoms with Gasteiger partial charge in [-0.3, -0.25) is 0 Å². The van der Waals surface area contributed by atoms with Crippen LogP contribution in [0.15, 0.2) is 65.6 Å². The summed E-state index contributed by atoms with van der Waals surface area (Å²) < 4.78 is 48.1. The molecule has 0 unspecified atom stereocenters. The van der Waals surface area contributed by atoms with Crippen molar-refractivity contribution in [3.05, 3.63) is 66.2 Å². The molecular formula is C14H14O4S2. The maximum Gasteiger partial charge on any atom is 0.192 e. The molecule has 0 saturated heterocycles. The van der Waals surface area contributed by atoms with E-state index in [0.717, 1.165) is 0 Å². The van der Waals surface area contributed by atoms with Gasteiger partial charge in [-0.05, 0) is 17.7 Å². The lowest BCUT2D eigenvalue weighted by Gasteiger charge is -2.06. The molecule has 0 heterocycles. The second kappa shape index (κ2) is 5.76. The van der Waals surface area contributed by atoms with Gasteiger partial charge in [0.05, 0.1) is 10.6 Å². The molecule has 0 radical (unpaired) electrons. The maximum atomic E-state index is 12.1. The highest BCUT2D eigenvalue weighted by Gasteiger charge is 2.24. The Morgan fingerprint density at radius 2 is 1.20 bits per heavy atom. The van der Waals surface area contributed by atoms with Crippen LogP contribution in [-0.2, 0) is 25.4 Å². The van der Waals surface area contributed by atoms with Crippen molar-refractivity contribution < 1.29 is 16.8 Å². The van der Waals surface area contributed by atoms with Gasteiger partial charge in [0.25, 0.3) is 0 Å². The van der Waals surface area contributed by atoms with E-state index in [1.165, 1.54) is 12.1 Å². The first-order chi connectivity index (χ1) is 9.39. The lowest BCUT2D eigenvalue weighted by molar-refractivity contribution is 0.588. The number of benzene rings is 2. The Labute approximate surface area is 118 Å². The second-order valence-electron chi connectivity index (χ2n) is 4.42. The Hall–Kier alpha value is -1.66. The molecule has 2 aromatic rings. The third-order valence-corrected chi connectivity index (χ3v) is 7.11. The molecule has 106 valence electrons. The molecule has 0 saturated carbocycles. The molecule has 6 heteroatoms. The van der Waals surface area contributed by atoms with Crippen molar-refractivity contribution in [3.63, 3.8) is 0 Å². The van der Waals surface area contributed by atoms with E-state index in [-0.39, 0.29) is 10.6 Å². The highest BCUT2D eigenvalue weighted by Crippen LogP contribution is 2.15. The molecule has 0 spiro atoms. The zero-order chi connectivity index (χ0) is 14.6. The summed E-state index contributed by atoms with van der Waals surface area (Å²) in [5.74, 6) is -0.278. The van der Waals surface area contributed by atoms with Gasteiger partial charge in [-0.25, -0.2) is 16.8 Å². The van der Waals surface area contributed by atoms with E-state index in [4.69, 9.17) is 0 Å². The summed E-state index contributed by atoms with van der Waals surface area (Å²) in [5.41, 5.74) is 0.579. The molecule has 0 aromatic heterocycles. The zero-order valence-electron chi connectivity index (χ0n) is 10.6. The van der Waals surface area contributed by atoms with E-state index < -0.39 is 24.8 Å². The van der Waals surface area contributed by atoms with Gasteiger partial charge in [-0.15, -0.1) is 0 Å². The van der Waals surface area contributed by atoms with Gasteiger partial charge >= 0.3 is 0 Å². The van der Waals surface area contributed by atoms with Gasteiger partial charge in [0.1, 0.15) is 0 Å². The Morgan fingerprint density at radius 3 is 1.75 bits per heavy atom. The van der Waals surface area contributed by atoms with Gasteiger partial charge in [0.2, 0.25) is 0 Å². The summed E-state index contributed by atoms with van der Waals surface area (Å²) in [4.78, 5) is 0.0247. The molecule has 2 rings (SSSR count). The maximum absolute atomic E-state index is 12.1. The molecule has 0 N–H and O–H groups in total. The molecule has 0 bridgehead atoms. The normalized spacial score (nSPS) is 12.2. The van der Waals surface area contributed by atoms with Gasteiger partial charge in [-0.2, -0.15) is 0 Å². The average molecular weight is 310 g/mol. The third-order valence-electron chi connectivity index (χ3n) is 2.67. The zero-order valence-corrected chi connectivity index (χ0v) is 12.3. The SMILES string of the molecule is O=S(=O)(Cc1ccccc1)CS(=O)(=O)c1ccccc1. The van der Waals surface area contributed by atoms with Gasteiger partial charge in [0, 0.05) is 0 Å². The fourth-order valence-electron chi connectivity index (χ4n) is 1.80. The van der Waals surface area contributed by atoms with Crippen molar-refractivity contribution in [2.45, 2.75) is 10.6 Å². The van der Waals surface area contributed by atoms with Crippen molar-refractivity contribution in [2.24, 2.45) is 0 Å². The van der Waals surface area contributed by atoms with Crippen LogP contribution in [-0.4, -0.2) is 21.9 Å². The summed E-state index contributed by atoms with van der Waals surface area (Å²) >= 11 is 0. The molecule has 2 aromatic carbocycles. The molecule has 20 heavy (non-hydrogen) atoms. The summed E-state index contributed by atoms with van der Waals surface area (Å²) in [5, 5.41) is -0.876. The van der Waals surface area contributed by atoms with Crippen molar-refractivity contribution in [2.75, 3.05) is 5.08 Å². The van der Waals surface area contributed by atoms with Crippen molar-refractivity contribution in [1.82, 2.24) is 0 Å². The van der Waals surface area contributed by atoms with Crippen LogP contribution in [0.4, 0.5) is 0 Å². The van der Waals surface area contributed by atoms with Gasteiger partial charge in [0.15, 0.2) is 24.8 Å². The summed E-state index contributed by atoms with van der Waals surface area (Å²) in [7, 11) is -7.55. The monoisotopic (exact) mass is 310 g/mol. The first kappa shape index (κ1) is 14.7. The van der Waals surface area contributed by atoms with E-state index in [1.807, 2.05) is 0 Å². The molecule has 0 aliphatic heterocycles. The van der Waals surface area contributed by atoms with Crippen LogP contribution in [0.1, 0.15) is 5.56 Å². The fourth-order valence-corrected chi connectivity index (χ4v) is 5.84. The highest BCUT2D eigenvalue weighted by molar-refractivity contribution is 8.07. The summed E-state index contributed by atoms with van der Waals surface area (Å²) in [6, 6.07) is 16.1. The molecule has 0 aliphatic rings. The molecular weight excluding hydrogens is 296 g/mol. The molecule has 0 aliphatic carbocycles.